The van der Waals surface area contributed by atoms with Crippen LogP contribution in [-0.2, 0) is 11.3 Å². The fourth-order valence-electron chi connectivity index (χ4n) is 2.78. The molecule has 0 unspecified atom stereocenters. The average Bonchev–Trinajstić information content (AvgIpc) is 2.97. The van der Waals surface area contributed by atoms with Crippen molar-refractivity contribution in [3.05, 3.63) is 18.7 Å². The first kappa shape index (κ1) is 14.1. The molecule has 5 nitrogen and oxygen atoms in total. The maximum atomic E-state index is 12.2. The van der Waals surface area contributed by atoms with Gasteiger partial charge in [0.1, 0.15) is 0 Å². The lowest BCUT2D eigenvalue weighted by molar-refractivity contribution is -0.132. The van der Waals surface area contributed by atoms with E-state index < -0.39 is 0 Å². The van der Waals surface area contributed by atoms with Crippen molar-refractivity contribution in [2.24, 2.45) is 0 Å². The van der Waals surface area contributed by atoms with Gasteiger partial charge >= 0.3 is 0 Å². The maximum Gasteiger partial charge on any atom is 0.224 e. The molecular formula is C14H24N4O. The number of hydrogen-bond acceptors (Lipinski definition) is 3. The van der Waals surface area contributed by atoms with E-state index in [1.54, 1.807) is 12.5 Å². The number of nitrogens with zero attached hydrogens (tertiary/aromatic N) is 3. The molecule has 1 aromatic rings. The molecule has 1 aliphatic carbocycles. The van der Waals surface area contributed by atoms with Gasteiger partial charge in [-0.15, -0.1) is 0 Å². The molecule has 1 aromatic heterocycles. The second-order valence-corrected chi connectivity index (χ2v) is 5.35. The van der Waals surface area contributed by atoms with Crippen molar-refractivity contribution in [1.82, 2.24) is 19.8 Å². The summed E-state index contributed by atoms with van der Waals surface area (Å²) in [5.74, 6) is 0.238. The van der Waals surface area contributed by atoms with E-state index >= 15 is 0 Å². The number of rotatable bonds is 5. The molecule has 0 saturated heterocycles. The Balaban J connectivity index is 1.76. The first-order valence-electron chi connectivity index (χ1n) is 7.09. The Hall–Kier alpha value is -1.36. The number of hydrogen-bond donors (Lipinski definition) is 1. The molecule has 19 heavy (non-hydrogen) atoms. The first-order valence-corrected chi connectivity index (χ1v) is 7.09. The topological polar surface area (TPSA) is 50.2 Å². The highest BCUT2D eigenvalue weighted by molar-refractivity contribution is 5.76. The molecule has 1 amide bonds. The van der Waals surface area contributed by atoms with E-state index in [2.05, 4.69) is 10.3 Å². The minimum Gasteiger partial charge on any atom is -0.343 e. The number of amides is 1. The molecule has 0 aliphatic heterocycles. The van der Waals surface area contributed by atoms with Crippen LogP contribution >= 0.6 is 0 Å². The third kappa shape index (κ3) is 3.80. The molecule has 1 N–H and O–H groups in total. The van der Waals surface area contributed by atoms with Gasteiger partial charge in [0.15, 0.2) is 0 Å². The summed E-state index contributed by atoms with van der Waals surface area (Å²) in [6.45, 7) is 0.717. The van der Waals surface area contributed by atoms with Crippen LogP contribution in [0.15, 0.2) is 18.7 Å². The molecule has 1 saturated carbocycles. The second-order valence-electron chi connectivity index (χ2n) is 5.35. The Bertz CT molecular complexity index is 382. The lowest BCUT2D eigenvalue weighted by atomic mass is 9.90. The molecule has 0 radical (unpaired) electrons. The van der Waals surface area contributed by atoms with Crippen LogP contribution in [-0.4, -0.2) is 46.5 Å². The molecule has 5 heteroatoms. The van der Waals surface area contributed by atoms with Gasteiger partial charge in [0.05, 0.1) is 6.33 Å². The van der Waals surface area contributed by atoms with E-state index in [1.165, 1.54) is 12.8 Å². The second kappa shape index (κ2) is 6.70. The Morgan fingerprint density at radius 2 is 2.16 bits per heavy atom. The average molecular weight is 264 g/mol. The van der Waals surface area contributed by atoms with Crippen molar-refractivity contribution in [3.63, 3.8) is 0 Å². The third-order valence-corrected chi connectivity index (χ3v) is 4.19. The van der Waals surface area contributed by atoms with E-state index in [1.807, 2.05) is 29.8 Å². The highest BCUT2D eigenvalue weighted by Gasteiger charge is 2.25. The monoisotopic (exact) mass is 264 g/mol. The predicted octanol–water partition coefficient (Wildman–Crippen LogP) is 1.26. The number of aromatic nitrogens is 2. The van der Waals surface area contributed by atoms with Crippen molar-refractivity contribution in [1.29, 1.82) is 0 Å². The molecular weight excluding hydrogens is 240 g/mol. The van der Waals surface area contributed by atoms with E-state index in [4.69, 9.17) is 0 Å². The quantitative estimate of drug-likeness (QED) is 0.871. The highest BCUT2D eigenvalue weighted by atomic mass is 16.2. The molecule has 0 aromatic carbocycles. The largest absolute Gasteiger partial charge is 0.343 e. The fourth-order valence-corrected chi connectivity index (χ4v) is 2.78. The molecule has 1 aliphatic rings. The molecule has 1 fully saturated rings. The van der Waals surface area contributed by atoms with Gasteiger partial charge < -0.3 is 14.8 Å². The number of carbonyl (C=O) groups is 1. The van der Waals surface area contributed by atoms with Gasteiger partial charge in [0, 0.05) is 44.5 Å². The van der Waals surface area contributed by atoms with Crippen LogP contribution in [0, 0.1) is 0 Å². The van der Waals surface area contributed by atoms with Gasteiger partial charge in [-0.3, -0.25) is 4.79 Å². The maximum absolute atomic E-state index is 12.2. The SMILES string of the molecule is CNC1CCC(N(C)C(=O)CCn2ccnc2)CC1. The highest BCUT2D eigenvalue weighted by Crippen LogP contribution is 2.22. The lowest BCUT2D eigenvalue weighted by Gasteiger charge is -2.34. The van der Waals surface area contributed by atoms with Crippen molar-refractivity contribution < 1.29 is 4.79 Å². The van der Waals surface area contributed by atoms with Crippen LogP contribution < -0.4 is 5.32 Å². The van der Waals surface area contributed by atoms with Gasteiger partial charge in [-0.2, -0.15) is 0 Å². The summed E-state index contributed by atoms with van der Waals surface area (Å²) >= 11 is 0. The van der Waals surface area contributed by atoms with Gasteiger partial charge in [-0.25, -0.2) is 4.98 Å². The zero-order valence-corrected chi connectivity index (χ0v) is 11.9. The van der Waals surface area contributed by atoms with Gasteiger partial charge in [0.2, 0.25) is 5.91 Å². The van der Waals surface area contributed by atoms with Crippen LogP contribution in [0.3, 0.4) is 0 Å². The molecule has 2 rings (SSSR count). The summed E-state index contributed by atoms with van der Waals surface area (Å²) in [4.78, 5) is 18.1. The number of imidazole rings is 1. The number of aryl methyl sites for hydroxylation is 1. The van der Waals surface area contributed by atoms with E-state index in [0.717, 1.165) is 19.4 Å². The van der Waals surface area contributed by atoms with E-state index in [0.29, 0.717) is 18.5 Å². The molecule has 0 spiro atoms. The summed E-state index contributed by atoms with van der Waals surface area (Å²) in [6.07, 6.45) is 10.5. The fraction of sp³-hybridized carbons (Fsp3) is 0.714. The molecule has 106 valence electrons. The summed E-state index contributed by atoms with van der Waals surface area (Å²) in [5.41, 5.74) is 0. The van der Waals surface area contributed by atoms with Crippen molar-refractivity contribution in [2.45, 2.75) is 50.7 Å². The van der Waals surface area contributed by atoms with Crippen LogP contribution in [0.1, 0.15) is 32.1 Å². The van der Waals surface area contributed by atoms with Crippen molar-refractivity contribution in [3.8, 4) is 0 Å². The first-order chi connectivity index (χ1) is 9.20. The molecule has 0 bridgehead atoms. The predicted molar refractivity (Wildman–Crippen MR) is 74.7 cm³/mol. The van der Waals surface area contributed by atoms with Crippen LogP contribution in [0.4, 0.5) is 0 Å². The van der Waals surface area contributed by atoms with Crippen molar-refractivity contribution in [2.75, 3.05) is 14.1 Å². The molecule has 1 heterocycles. The smallest absolute Gasteiger partial charge is 0.224 e. The zero-order chi connectivity index (χ0) is 13.7. The van der Waals surface area contributed by atoms with Crippen LogP contribution in [0.25, 0.3) is 0 Å². The minimum absolute atomic E-state index is 0.238. The number of nitrogens with one attached hydrogen (secondary N) is 1. The third-order valence-electron chi connectivity index (χ3n) is 4.19. The zero-order valence-electron chi connectivity index (χ0n) is 11.9. The van der Waals surface area contributed by atoms with Gasteiger partial charge in [-0.1, -0.05) is 0 Å². The Labute approximate surface area is 115 Å². The Morgan fingerprint density at radius 1 is 1.42 bits per heavy atom. The summed E-state index contributed by atoms with van der Waals surface area (Å²) in [6, 6.07) is 1.05. The van der Waals surface area contributed by atoms with Crippen molar-refractivity contribution >= 4 is 5.91 Å². The van der Waals surface area contributed by atoms with E-state index in [-0.39, 0.29) is 5.91 Å². The standard InChI is InChI=1S/C14H24N4O/c1-15-12-3-5-13(6-4-12)17(2)14(19)7-9-18-10-8-16-11-18/h8,10-13,15H,3-7,9H2,1-2H3. The van der Waals surface area contributed by atoms with Gasteiger partial charge in [-0.05, 0) is 32.7 Å². The number of carbonyl (C=O) groups excluding carboxylic acids is 1. The Morgan fingerprint density at radius 3 is 2.74 bits per heavy atom. The van der Waals surface area contributed by atoms with Gasteiger partial charge in [0.25, 0.3) is 0 Å². The summed E-state index contributed by atoms with van der Waals surface area (Å²) in [5, 5.41) is 3.32. The molecule has 0 atom stereocenters. The van der Waals surface area contributed by atoms with E-state index in [9.17, 15) is 4.79 Å². The Kier molecular flexibility index (Phi) is 4.96. The van der Waals surface area contributed by atoms with Crippen LogP contribution in [0.2, 0.25) is 0 Å². The summed E-state index contributed by atoms with van der Waals surface area (Å²) < 4.78 is 1.95. The van der Waals surface area contributed by atoms with Crippen LogP contribution in [0.5, 0.6) is 0 Å². The lowest BCUT2D eigenvalue weighted by Crippen LogP contribution is -2.42. The normalized spacial score (nSPS) is 23.3. The minimum atomic E-state index is 0.238. The summed E-state index contributed by atoms with van der Waals surface area (Å²) in [7, 11) is 3.96.